The number of amides is 2. The monoisotopic (exact) mass is 442 g/mol. The Balaban J connectivity index is 1.23. The third kappa shape index (κ3) is 5.32. The second kappa shape index (κ2) is 9.34. The first-order chi connectivity index (χ1) is 15.0. The molecule has 9 heteroatoms. The Kier molecular flexibility index (Phi) is 6.36. The van der Waals surface area contributed by atoms with Gasteiger partial charge < -0.3 is 19.2 Å². The summed E-state index contributed by atoms with van der Waals surface area (Å²) in [4.78, 5) is 31.0. The number of nitrogens with zero attached hydrogens (tertiary/aromatic N) is 3. The molecule has 0 unspecified atom stereocenters. The molecule has 162 valence electrons. The van der Waals surface area contributed by atoms with E-state index in [2.05, 4.69) is 15.5 Å². The summed E-state index contributed by atoms with van der Waals surface area (Å²) < 4.78 is 10.7. The molecule has 8 nitrogen and oxygen atoms in total. The van der Waals surface area contributed by atoms with Gasteiger partial charge in [-0.2, -0.15) is 0 Å². The standard InChI is InChI=1S/C22H23ClN4O4/c1-14-12-19(26-31-14)25-22(29)16-8-10-27(11-9-16)21(28)7-6-20-24-13-18(30-20)15-2-4-17(23)5-3-15/h2-5,12-13,16H,6-11H2,1H3,(H,25,26,29). The second-order valence-electron chi connectivity index (χ2n) is 7.59. The summed E-state index contributed by atoms with van der Waals surface area (Å²) in [7, 11) is 0. The smallest absolute Gasteiger partial charge is 0.228 e. The number of nitrogens with one attached hydrogen (secondary N) is 1. The molecule has 1 N–H and O–H groups in total. The van der Waals surface area contributed by atoms with E-state index in [9.17, 15) is 9.59 Å². The van der Waals surface area contributed by atoms with Crippen molar-refractivity contribution >= 4 is 29.2 Å². The van der Waals surface area contributed by atoms with Crippen LogP contribution in [0.1, 0.15) is 30.9 Å². The number of carbonyl (C=O) groups is 2. The van der Waals surface area contributed by atoms with Crippen molar-refractivity contribution in [2.24, 2.45) is 5.92 Å². The van der Waals surface area contributed by atoms with Crippen molar-refractivity contribution in [3.8, 4) is 11.3 Å². The van der Waals surface area contributed by atoms with Gasteiger partial charge in [0.2, 0.25) is 11.8 Å². The van der Waals surface area contributed by atoms with Crippen LogP contribution < -0.4 is 5.32 Å². The average Bonchev–Trinajstić information content (AvgIpc) is 3.41. The number of aryl methyl sites for hydroxylation is 2. The molecule has 1 aliphatic rings. The van der Waals surface area contributed by atoms with Crippen molar-refractivity contribution in [1.29, 1.82) is 0 Å². The van der Waals surface area contributed by atoms with E-state index in [1.807, 2.05) is 12.1 Å². The van der Waals surface area contributed by atoms with E-state index in [1.165, 1.54) is 0 Å². The highest BCUT2D eigenvalue weighted by atomic mass is 35.5. The SMILES string of the molecule is Cc1cc(NC(=O)C2CCN(C(=O)CCc3ncc(-c4ccc(Cl)cc4)o3)CC2)no1. The van der Waals surface area contributed by atoms with E-state index >= 15 is 0 Å². The molecule has 0 spiro atoms. The molecule has 1 aliphatic heterocycles. The number of carbonyl (C=O) groups excluding carboxylic acids is 2. The van der Waals surface area contributed by atoms with Gasteiger partial charge in [0, 0.05) is 48.5 Å². The van der Waals surface area contributed by atoms with E-state index in [-0.39, 0.29) is 17.7 Å². The number of hydrogen-bond donors (Lipinski definition) is 1. The molecule has 0 aliphatic carbocycles. The largest absolute Gasteiger partial charge is 0.441 e. The van der Waals surface area contributed by atoms with Gasteiger partial charge in [0.15, 0.2) is 17.5 Å². The van der Waals surface area contributed by atoms with Gasteiger partial charge in [-0.15, -0.1) is 0 Å². The van der Waals surface area contributed by atoms with Crippen LogP contribution in [0.15, 0.2) is 45.5 Å². The number of benzene rings is 1. The van der Waals surface area contributed by atoms with Crippen LogP contribution in [0.3, 0.4) is 0 Å². The van der Waals surface area contributed by atoms with E-state index in [4.69, 9.17) is 20.5 Å². The molecule has 0 bridgehead atoms. The number of rotatable bonds is 6. The highest BCUT2D eigenvalue weighted by molar-refractivity contribution is 6.30. The molecule has 1 fully saturated rings. The summed E-state index contributed by atoms with van der Waals surface area (Å²) in [6.07, 6.45) is 3.64. The number of oxazole rings is 1. The first kappa shape index (κ1) is 21.1. The van der Waals surface area contributed by atoms with Gasteiger partial charge in [0.1, 0.15) is 5.76 Å². The first-order valence-corrected chi connectivity index (χ1v) is 10.6. The lowest BCUT2D eigenvalue weighted by atomic mass is 9.95. The lowest BCUT2D eigenvalue weighted by Gasteiger charge is -2.31. The molecule has 1 saturated heterocycles. The van der Waals surface area contributed by atoms with Crippen LogP contribution in [0.2, 0.25) is 5.02 Å². The number of hydrogen-bond acceptors (Lipinski definition) is 6. The van der Waals surface area contributed by atoms with Crippen molar-refractivity contribution in [2.45, 2.75) is 32.6 Å². The summed E-state index contributed by atoms with van der Waals surface area (Å²) in [5.41, 5.74) is 0.885. The molecular weight excluding hydrogens is 420 g/mol. The van der Waals surface area contributed by atoms with Crippen LogP contribution in [-0.4, -0.2) is 39.9 Å². The Morgan fingerprint density at radius 2 is 1.97 bits per heavy atom. The van der Waals surface area contributed by atoms with Crippen LogP contribution >= 0.6 is 11.6 Å². The minimum absolute atomic E-state index is 0.0391. The minimum Gasteiger partial charge on any atom is -0.441 e. The molecule has 1 aromatic carbocycles. The van der Waals surface area contributed by atoms with Gasteiger partial charge in [-0.1, -0.05) is 16.8 Å². The Hall–Kier alpha value is -3.13. The van der Waals surface area contributed by atoms with Gasteiger partial charge in [0.05, 0.1) is 6.20 Å². The Morgan fingerprint density at radius 3 is 2.65 bits per heavy atom. The number of piperidine rings is 1. The lowest BCUT2D eigenvalue weighted by molar-refractivity contribution is -0.134. The van der Waals surface area contributed by atoms with Crippen LogP contribution in [0.25, 0.3) is 11.3 Å². The maximum Gasteiger partial charge on any atom is 0.228 e. The molecule has 4 rings (SSSR count). The summed E-state index contributed by atoms with van der Waals surface area (Å²) in [6, 6.07) is 8.99. The van der Waals surface area contributed by atoms with E-state index in [0.717, 1.165) is 5.56 Å². The molecule has 2 amide bonds. The fourth-order valence-electron chi connectivity index (χ4n) is 3.59. The molecule has 3 aromatic rings. The highest BCUT2D eigenvalue weighted by Crippen LogP contribution is 2.24. The summed E-state index contributed by atoms with van der Waals surface area (Å²) in [6.45, 7) is 2.87. The molecule has 31 heavy (non-hydrogen) atoms. The number of aromatic nitrogens is 2. The van der Waals surface area contributed by atoms with Crippen molar-refractivity contribution in [3.05, 3.63) is 53.2 Å². The van der Waals surface area contributed by atoms with Crippen LogP contribution in [0, 0.1) is 12.8 Å². The van der Waals surface area contributed by atoms with Gasteiger partial charge >= 0.3 is 0 Å². The first-order valence-electron chi connectivity index (χ1n) is 10.2. The number of anilines is 1. The Bertz CT molecular complexity index is 1050. The quantitative estimate of drug-likeness (QED) is 0.616. The Labute approximate surface area is 184 Å². The average molecular weight is 443 g/mol. The fraction of sp³-hybridized carbons (Fsp3) is 0.364. The van der Waals surface area contributed by atoms with E-state index < -0.39 is 0 Å². The summed E-state index contributed by atoms with van der Waals surface area (Å²) >= 11 is 5.91. The predicted molar refractivity (Wildman–Crippen MR) is 114 cm³/mol. The van der Waals surface area contributed by atoms with Gasteiger partial charge in [-0.3, -0.25) is 9.59 Å². The number of likely N-dealkylation sites (tertiary alicyclic amines) is 1. The van der Waals surface area contributed by atoms with E-state index in [1.54, 1.807) is 36.2 Å². The van der Waals surface area contributed by atoms with Gasteiger partial charge in [-0.05, 0) is 44.0 Å². The maximum absolute atomic E-state index is 12.6. The van der Waals surface area contributed by atoms with Crippen LogP contribution in [0.5, 0.6) is 0 Å². The van der Waals surface area contributed by atoms with Crippen LogP contribution in [0.4, 0.5) is 5.82 Å². The molecule has 0 saturated carbocycles. The third-order valence-electron chi connectivity index (χ3n) is 5.33. The molecular formula is C22H23ClN4O4. The van der Waals surface area contributed by atoms with Crippen molar-refractivity contribution in [2.75, 3.05) is 18.4 Å². The van der Waals surface area contributed by atoms with Crippen LogP contribution in [-0.2, 0) is 16.0 Å². The zero-order valence-electron chi connectivity index (χ0n) is 17.1. The predicted octanol–water partition coefficient (Wildman–Crippen LogP) is 4.10. The summed E-state index contributed by atoms with van der Waals surface area (Å²) in [5.74, 6) is 2.04. The van der Waals surface area contributed by atoms with Gasteiger partial charge in [0.25, 0.3) is 0 Å². The molecule has 0 radical (unpaired) electrons. The Morgan fingerprint density at radius 1 is 1.23 bits per heavy atom. The highest BCUT2D eigenvalue weighted by Gasteiger charge is 2.27. The molecule has 2 aromatic heterocycles. The second-order valence-corrected chi connectivity index (χ2v) is 8.03. The molecule has 3 heterocycles. The maximum atomic E-state index is 12.6. The van der Waals surface area contributed by atoms with Gasteiger partial charge in [-0.25, -0.2) is 4.98 Å². The zero-order chi connectivity index (χ0) is 21.8. The number of halogens is 1. The molecule has 0 atom stereocenters. The lowest BCUT2D eigenvalue weighted by Crippen LogP contribution is -2.41. The van der Waals surface area contributed by atoms with E-state index in [0.29, 0.717) is 67.0 Å². The van der Waals surface area contributed by atoms with Crippen molar-refractivity contribution < 1.29 is 18.5 Å². The minimum atomic E-state index is -0.144. The third-order valence-corrected chi connectivity index (χ3v) is 5.58. The zero-order valence-corrected chi connectivity index (χ0v) is 17.9. The van der Waals surface area contributed by atoms with Crippen molar-refractivity contribution in [1.82, 2.24) is 15.0 Å². The summed E-state index contributed by atoms with van der Waals surface area (Å²) in [5, 5.41) is 7.20. The fourth-order valence-corrected chi connectivity index (χ4v) is 3.72. The van der Waals surface area contributed by atoms with Crippen molar-refractivity contribution in [3.63, 3.8) is 0 Å². The topological polar surface area (TPSA) is 101 Å². The normalized spacial score (nSPS) is 14.6.